The number of hydrogen-bond donors (Lipinski definition) is 1. The van der Waals surface area contributed by atoms with Gasteiger partial charge in [0.2, 0.25) is 5.91 Å². The van der Waals surface area contributed by atoms with Crippen LogP contribution in [0.3, 0.4) is 0 Å². The largest absolute Gasteiger partial charge is 0.367 e. The second kappa shape index (κ2) is 7.97. The van der Waals surface area contributed by atoms with Gasteiger partial charge in [-0.25, -0.2) is 15.0 Å². The molecule has 2 aromatic heterocycles. The topological polar surface area (TPSA) is 74.2 Å². The third-order valence-corrected chi connectivity index (χ3v) is 5.84. The molecule has 0 bridgehead atoms. The third kappa shape index (κ3) is 4.49. The molecule has 1 amide bonds. The zero-order chi connectivity index (χ0) is 20.4. The van der Waals surface area contributed by atoms with Crippen LogP contribution in [-0.2, 0) is 4.79 Å². The second-order valence-electron chi connectivity index (χ2n) is 9.01. The predicted octanol–water partition coefficient (Wildman–Crippen LogP) is 3.45. The summed E-state index contributed by atoms with van der Waals surface area (Å²) < 4.78 is 0. The molecular formula is C22H30N6O. The fourth-order valence-corrected chi connectivity index (χ4v) is 3.61. The van der Waals surface area contributed by atoms with Gasteiger partial charge in [0.25, 0.3) is 0 Å². The summed E-state index contributed by atoms with van der Waals surface area (Å²) in [4.78, 5) is 30.2. The average molecular weight is 395 g/mol. The van der Waals surface area contributed by atoms with E-state index in [4.69, 9.17) is 0 Å². The van der Waals surface area contributed by atoms with Crippen LogP contribution in [-0.4, -0.2) is 47.0 Å². The van der Waals surface area contributed by atoms with Crippen LogP contribution in [0.4, 0.5) is 17.3 Å². The highest BCUT2D eigenvalue weighted by atomic mass is 16.2. The summed E-state index contributed by atoms with van der Waals surface area (Å²) in [7, 11) is 0. The molecular weight excluding hydrogens is 364 g/mol. The van der Waals surface area contributed by atoms with Crippen molar-refractivity contribution in [1.29, 1.82) is 0 Å². The van der Waals surface area contributed by atoms with Crippen LogP contribution in [0.1, 0.15) is 51.6 Å². The molecule has 3 heterocycles. The Kier molecular flexibility index (Phi) is 5.39. The van der Waals surface area contributed by atoms with Crippen LogP contribution in [0.15, 0.2) is 30.7 Å². The first kappa shape index (κ1) is 19.6. The molecule has 1 aliphatic heterocycles. The average Bonchev–Trinajstić information content (AvgIpc) is 2.67. The number of anilines is 3. The molecule has 0 atom stereocenters. The van der Waals surface area contributed by atoms with Crippen molar-refractivity contribution < 1.29 is 4.79 Å². The molecule has 7 nitrogen and oxygen atoms in total. The van der Waals surface area contributed by atoms with E-state index in [9.17, 15) is 4.79 Å². The number of hydrogen-bond acceptors (Lipinski definition) is 6. The predicted molar refractivity (Wildman–Crippen MR) is 115 cm³/mol. The van der Waals surface area contributed by atoms with Crippen molar-refractivity contribution in [3.8, 4) is 0 Å². The maximum Gasteiger partial charge on any atom is 0.230 e. The second-order valence-corrected chi connectivity index (χ2v) is 9.01. The molecule has 29 heavy (non-hydrogen) atoms. The first-order chi connectivity index (χ1) is 13.9. The number of carbonyl (C=O) groups excluding carboxylic acids is 1. The third-order valence-electron chi connectivity index (χ3n) is 5.84. The molecule has 1 saturated carbocycles. The number of pyridine rings is 1. The molecule has 2 fully saturated rings. The van der Waals surface area contributed by atoms with Crippen molar-refractivity contribution in [2.45, 2.75) is 46.0 Å². The van der Waals surface area contributed by atoms with Crippen LogP contribution >= 0.6 is 0 Å². The molecule has 2 aliphatic rings. The molecule has 0 aromatic carbocycles. The molecule has 154 valence electrons. The van der Waals surface area contributed by atoms with E-state index in [1.54, 1.807) is 6.33 Å². The van der Waals surface area contributed by atoms with E-state index in [2.05, 4.69) is 36.1 Å². The minimum atomic E-state index is -0.434. The van der Waals surface area contributed by atoms with Gasteiger partial charge < -0.3 is 15.1 Å². The van der Waals surface area contributed by atoms with Crippen LogP contribution in [0.25, 0.3) is 0 Å². The molecule has 2 aromatic rings. The normalized spacial score (nSPS) is 17.8. The maximum absolute atomic E-state index is 12.1. The highest BCUT2D eigenvalue weighted by Crippen LogP contribution is 2.36. The fourth-order valence-electron chi connectivity index (χ4n) is 3.61. The van der Waals surface area contributed by atoms with Gasteiger partial charge in [0.05, 0.1) is 11.9 Å². The molecule has 1 N–H and O–H groups in total. The van der Waals surface area contributed by atoms with Crippen molar-refractivity contribution in [2.75, 3.05) is 41.3 Å². The monoisotopic (exact) mass is 394 g/mol. The van der Waals surface area contributed by atoms with E-state index in [1.807, 2.05) is 39.1 Å². The van der Waals surface area contributed by atoms with E-state index in [0.29, 0.717) is 11.7 Å². The molecule has 7 heteroatoms. The number of aromatic nitrogens is 3. The highest BCUT2D eigenvalue weighted by Gasteiger charge is 2.24. The summed E-state index contributed by atoms with van der Waals surface area (Å²) in [6, 6.07) is 6.08. The van der Waals surface area contributed by atoms with E-state index in [1.165, 1.54) is 25.0 Å². The van der Waals surface area contributed by atoms with Crippen LogP contribution in [0, 0.1) is 5.41 Å². The smallest absolute Gasteiger partial charge is 0.230 e. The van der Waals surface area contributed by atoms with E-state index >= 15 is 0 Å². The standard InChI is InChI=1S/C22H30N6O/c1-22(2,3)21(29)26-19-8-7-17(14-23-19)27-9-11-28(12-10-27)20-13-18(24-15-25-20)16-5-4-6-16/h7-8,13-16H,4-6,9-12H2,1-3H3,(H,23,26,29). The van der Waals surface area contributed by atoms with Gasteiger partial charge in [-0.1, -0.05) is 27.2 Å². The minimum Gasteiger partial charge on any atom is -0.367 e. The lowest BCUT2D eigenvalue weighted by Gasteiger charge is -2.37. The van der Waals surface area contributed by atoms with Gasteiger partial charge in [-0.3, -0.25) is 4.79 Å². The van der Waals surface area contributed by atoms with Gasteiger partial charge in [0.15, 0.2) is 0 Å². The van der Waals surface area contributed by atoms with Gasteiger partial charge in [-0.05, 0) is 25.0 Å². The lowest BCUT2D eigenvalue weighted by atomic mass is 9.83. The Bertz CT molecular complexity index is 848. The number of nitrogens with one attached hydrogen (secondary N) is 1. The Morgan fingerprint density at radius 3 is 2.34 bits per heavy atom. The molecule has 0 unspecified atom stereocenters. The Labute approximate surface area is 172 Å². The van der Waals surface area contributed by atoms with E-state index in [-0.39, 0.29) is 5.91 Å². The first-order valence-electron chi connectivity index (χ1n) is 10.5. The molecule has 0 spiro atoms. The number of nitrogens with zero attached hydrogens (tertiary/aromatic N) is 5. The van der Waals surface area contributed by atoms with Crippen LogP contribution in [0.2, 0.25) is 0 Å². The zero-order valence-corrected chi connectivity index (χ0v) is 17.6. The van der Waals surface area contributed by atoms with Crippen molar-refractivity contribution >= 4 is 23.2 Å². The summed E-state index contributed by atoms with van der Waals surface area (Å²) in [6.07, 6.45) is 7.37. The SMILES string of the molecule is CC(C)(C)C(=O)Nc1ccc(N2CCN(c3cc(C4CCC4)ncn3)CC2)cn1. The Balaban J connectivity index is 1.34. The Hall–Kier alpha value is -2.70. The Morgan fingerprint density at radius 1 is 1.03 bits per heavy atom. The van der Waals surface area contributed by atoms with Crippen molar-refractivity contribution in [2.24, 2.45) is 5.41 Å². The zero-order valence-electron chi connectivity index (χ0n) is 17.6. The summed E-state index contributed by atoms with van der Waals surface area (Å²) >= 11 is 0. The highest BCUT2D eigenvalue weighted by molar-refractivity contribution is 5.93. The number of piperazine rings is 1. The number of rotatable bonds is 4. The van der Waals surface area contributed by atoms with Crippen molar-refractivity contribution in [3.63, 3.8) is 0 Å². The van der Waals surface area contributed by atoms with Gasteiger partial charge in [0.1, 0.15) is 18.0 Å². The van der Waals surface area contributed by atoms with Gasteiger partial charge in [-0.15, -0.1) is 0 Å². The van der Waals surface area contributed by atoms with Crippen molar-refractivity contribution in [1.82, 2.24) is 15.0 Å². The number of carbonyl (C=O) groups is 1. The number of amides is 1. The Morgan fingerprint density at radius 2 is 1.76 bits per heavy atom. The fraction of sp³-hybridized carbons (Fsp3) is 0.545. The minimum absolute atomic E-state index is 0.0301. The van der Waals surface area contributed by atoms with Crippen LogP contribution in [0.5, 0.6) is 0 Å². The lowest BCUT2D eigenvalue weighted by molar-refractivity contribution is -0.123. The van der Waals surface area contributed by atoms with Crippen molar-refractivity contribution in [3.05, 3.63) is 36.4 Å². The summed E-state index contributed by atoms with van der Waals surface area (Å²) in [5, 5.41) is 2.87. The maximum atomic E-state index is 12.1. The lowest BCUT2D eigenvalue weighted by Crippen LogP contribution is -2.47. The summed E-state index contributed by atoms with van der Waals surface area (Å²) in [5.74, 6) is 2.23. The van der Waals surface area contributed by atoms with E-state index in [0.717, 1.165) is 37.7 Å². The van der Waals surface area contributed by atoms with Gasteiger partial charge >= 0.3 is 0 Å². The van der Waals surface area contributed by atoms with E-state index < -0.39 is 5.41 Å². The summed E-state index contributed by atoms with van der Waals surface area (Å²) in [6.45, 7) is 9.35. The van der Waals surface area contributed by atoms with Crippen LogP contribution < -0.4 is 15.1 Å². The molecule has 1 saturated heterocycles. The molecule has 1 aliphatic carbocycles. The van der Waals surface area contributed by atoms with Gasteiger partial charge in [0, 0.05) is 49.3 Å². The summed E-state index contributed by atoms with van der Waals surface area (Å²) in [5.41, 5.74) is 1.84. The molecule has 4 rings (SSSR count). The van der Waals surface area contributed by atoms with Gasteiger partial charge in [-0.2, -0.15) is 0 Å². The first-order valence-corrected chi connectivity index (χ1v) is 10.5. The molecule has 0 radical (unpaired) electrons. The quantitative estimate of drug-likeness (QED) is 0.856.